The number of anilines is 3. The van der Waals surface area contributed by atoms with Crippen molar-refractivity contribution in [2.75, 3.05) is 4.90 Å². The van der Waals surface area contributed by atoms with Gasteiger partial charge in [0.2, 0.25) is 0 Å². The molecule has 2 aliphatic rings. The molecule has 67 heavy (non-hydrogen) atoms. The molecule has 314 valence electrons. The Hall–Kier alpha value is -8.30. The summed E-state index contributed by atoms with van der Waals surface area (Å²) >= 11 is 1.94. The van der Waals surface area contributed by atoms with E-state index < -0.39 is 5.41 Å². The average molecular weight is 870 g/mol. The highest BCUT2D eigenvalue weighted by Crippen LogP contribution is 2.68. The van der Waals surface area contributed by atoms with Gasteiger partial charge >= 0.3 is 0 Å². The normalized spacial score (nSPS) is 14.0. The molecule has 1 aromatic heterocycles. The lowest BCUT2D eigenvalue weighted by Gasteiger charge is -2.31. The summed E-state index contributed by atoms with van der Waals surface area (Å²) in [5.74, 6) is 0. The fourth-order valence-corrected chi connectivity index (χ4v) is 12.3. The predicted molar refractivity (Wildman–Crippen MR) is 282 cm³/mol. The summed E-state index contributed by atoms with van der Waals surface area (Å²) in [4.78, 5) is 5.02. The van der Waals surface area contributed by atoms with Gasteiger partial charge in [0.1, 0.15) is 0 Å². The fraction of sp³-hybridized carbons (Fsp3) is 0.0154. The highest BCUT2D eigenvalue weighted by atomic mass is 32.1. The van der Waals surface area contributed by atoms with Crippen LogP contribution in [0.25, 0.3) is 76.5 Å². The molecule has 1 heterocycles. The zero-order valence-electron chi connectivity index (χ0n) is 36.7. The van der Waals surface area contributed by atoms with Crippen molar-refractivity contribution < 1.29 is 0 Å². The zero-order chi connectivity index (χ0) is 44.3. The third-order valence-electron chi connectivity index (χ3n) is 13.9. The molecule has 0 saturated carbocycles. The van der Waals surface area contributed by atoms with Gasteiger partial charge in [-0.1, -0.05) is 218 Å². The number of rotatable bonds is 8. The first-order chi connectivity index (χ1) is 33.2. The molecule has 0 bridgehead atoms. The first kappa shape index (κ1) is 39.1. The van der Waals surface area contributed by atoms with Crippen LogP contribution >= 0.6 is 11.3 Å². The third-order valence-corrected chi connectivity index (χ3v) is 15.2. The van der Waals surface area contributed by atoms with Crippen molar-refractivity contribution in [3.63, 3.8) is 0 Å². The molecule has 0 radical (unpaired) electrons. The molecule has 0 N–H and O–H groups in total. The van der Waals surface area contributed by atoms with E-state index in [4.69, 9.17) is 0 Å². The van der Waals surface area contributed by atoms with Crippen molar-refractivity contribution in [2.45, 2.75) is 5.41 Å². The van der Waals surface area contributed by atoms with Crippen LogP contribution in [0.4, 0.5) is 17.1 Å². The molecule has 13 rings (SSSR count). The number of nitrogens with zero attached hydrogens (tertiary/aromatic N) is 1. The smallest absolute Gasteiger partial charge is 0.0740 e. The topological polar surface area (TPSA) is 3.24 Å². The molecule has 0 fully saturated rings. The van der Waals surface area contributed by atoms with Gasteiger partial charge in [0.05, 0.1) is 5.41 Å². The summed E-state index contributed by atoms with van der Waals surface area (Å²) in [6, 6.07) is 95.9. The Morgan fingerprint density at radius 3 is 1.13 bits per heavy atom. The molecular weight excluding hydrogens is 827 g/mol. The van der Waals surface area contributed by atoms with Crippen molar-refractivity contribution in [3.05, 3.63) is 283 Å². The molecular formula is C65H43NS. The first-order valence-corrected chi connectivity index (χ1v) is 23.9. The van der Waals surface area contributed by atoms with Gasteiger partial charge in [0.25, 0.3) is 0 Å². The number of hydrogen-bond donors (Lipinski definition) is 0. The summed E-state index contributed by atoms with van der Waals surface area (Å²) in [6.45, 7) is 0. The van der Waals surface area contributed by atoms with Crippen molar-refractivity contribution in [2.24, 2.45) is 0 Å². The minimum absolute atomic E-state index is 0.503. The minimum Gasteiger partial charge on any atom is -0.311 e. The Morgan fingerprint density at radius 1 is 0.269 bits per heavy atom. The van der Waals surface area contributed by atoms with E-state index in [2.05, 4.69) is 266 Å². The van der Waals surface area contributed by atoms with E-state index in [1.165, 1.54) is 98.8 Å². The van der Waals surface area contributed by atoms with Gasteiger partial charge in [-0.05, 0) is 126 Å². The molecule has 1 atom stereocenters. The summed E-state index contributed by atoms with van der Waals surface area (Å²) in [5.41, 5.74) is 23.2. The van der Waals surface area contributed by atoms with E-state index in [-0.39, 0.29) is 0 Å². The van der Waals surface area contributed by atoms with Gasteiger partial charge in [-0.25, -0.2) is 0 Å². The quantitative estimate of drug-likeness (QED) is 0.147. The predicted octanol–water partition coefficient (Wildman–Crippen LogP) is 17.9. The van der Waals surface area contributed by atoms with Crippen molar-refractivity contribution in [1.82, 2.24) is 0 Å². The molecule has 0 aliphatic heterocycles. The van der Waals surface area contributed by atoms with Crippen LogP contribution in [0.2, 0.25) is 0 Å². The zero-order valence-corrected chi connectivity index (χ0v) is 37.5. The van der Waals surface area contributed by atoms with E-state index in [9.17, 15) is 0 Å². The Kier molecular flexibility index (Phi) is 9.33. The highest BCUT2D eigenvalue weighted by molar-refractivity contribution is 7.19. The lowest BCUT2D eigenvalue weighted by atomic mass is 9.69. The number of hydrogen-bond acceptors (Lipinski definition) is 2. The molecule has 1 spiro atoms. The van der Waals surface area contributed by atoms with Crippen molar-refractivity contribution in [3.8, 4) is 76.5 Å². The Labute approximate surface area is 396 Å². The number of benzene rings is 10. The van der Waals surface area contributed by atoms with Crippen LogP contribution in [0.5, 0.6) is 0 Å². The SMILES string of the molecule is c1ccc(-c2ccc(N(c3ccc(-c4ccccc4)cc3)c3ccc(-c4ccc5c(c4)C4(c6ccccc6-5)c5ccccc5-c5c(-c6ccccc6)sc(-c6ccccc6)c54)cc3)cc2)cc1. The minimum atomic E-state index is -0.503. The van der Waals surface area contributed by atoms with Gasteiger partial charge in [0.15, 0.2) is 0 Å². The number of fused-ring (bicyclic) bond motifs is 10. The van der Waals surface area contributed by atoms with Crippen LogP contribution in [-0.4, -0.2) is 0 Å². The average Bonchev–Trinajstić information content (AvgIpc) is 4.05. The van der Waals surface area contributed by atoms with Gasteiger partial charge in [0, 0.05) is 32.4 Å². The second-order valence-corrected chi connectivity index (χ2v) is 18.6. The Balaban J connectivity index is 0.958. The Bertz CT molecular complexity index is 3490. The van der Waals surface area contributed by atoms with Gasteiger partial charge in [-0.3, -0.25) is 0 Å². The molecule has 1 nitrogen and oxygen atoms in total. The van der Waals surface area contributed by atoms with E-state index in [0.717, 1.165) is 17.1 Å². The third kappa shape index (κ3) is 6.29. The maximum atomic E-state index is 2.51. The maximum absolute atomic E-state index is 2.51. The largest absolute Gasteiger partial charge is 0.311 e. The molecule has 11 aromatic rings. The molecule has 2 heteroatoms. The Morgan fingerprint density at radius 2 is 0.627 bits per heavy atom. The summed E-state index contributed by atoms with van der Waals surface area (Å²) in [5, 5.41) is 0. The molecule has 10 aromatic carbocycles. The van der Waals surface area contributed by atoms with E-state index in [1.807, 2.05) is 11.3 Å². The van der Waals surface area contributed by atoms with Crippen LogP contribution in [-0.2, 0) is 5.41 Å². The van der Waals surface area contributed by atoms with E-state index in [0.29, 0.717) is 0 Å². The second kappa shape index (κ2) is 16.0. The molecule has 2 aliphatic carbocycles. The van der Waals surface area contributed by atoms with Crippen molar-refractivity contribution >= 4 is 28.4 Å². The molecule has 0 amide bonds. The van der Waals surface area contributed by atoms with Crippen LogP contribution in [0.1, 0.15) is 22.3 Å². The monoisotopic (exact) mass is 869 g/mol. The van der Waals surface area contributed by atoms with Crippen molar-refractivity contribution in [1.29, 1.82) is 0 Å². The fourth-order valence-electron chi connectivity index (χ4n) is 10.9. The second-order valence-electron chi connectivity index (χ2n) is 17.6. The maximum Gasteiger partial charge on any atom is 0.0740 e. The summed E-state index contributed by atoms with van der Waals surface area (Å²) in [7, 11) is 0. The summed E-state index contributed by atoms with van der Waals surface area (Å²) in [6.07, 6.45) is 0. The van der Waals surface area contributed by atoms with Crippen LogP contribution in [0, 0.1) is 0 Å². The molecule has 1 unspecified atom stereocenters. The standard InChI is InChI=1S/C65H43NS/c1-5-17-44(18-6-1)46-29-36-52(37-30-46)66(53-38-31-47(32-39-53)45-19-7-2-8-20-45)54-40-33-48(34-41-54)51-35-42-56-55-25-13-15-27-58(55)65(60(56)43-51)59-28-16-14-26-57(59)61-62(65)64(50-23-11-4-12-24-50)67-63(61)49-21-9-3-10-22-49/h1-43H. The summed E-state index contributed by atoms with van der Waals surface area (Å²) < 4.78 is 0. The lowest BCUT2D eigenvalue weighted by molar-refractivity contribution is 0.799. The van der Waals surface area contributed by atoms with E-state index >= 15 is 0 Å². The molecule has 0 saturated heterocycles. The first-order valence-electron chi connectivity index (χ1n) is 23.1. The lowest BCUT2D eigenvalue weighted by Crippen LogP contribution is -2.26. The van der Waals surface area contributed by atoms with Crippen LogP contribution in [0.3, 0.4) is 0 Å². The van der Waals surface area contributed by atoms with Gasteiger partial charge in [-0.2, -0.15) is 0 Å². The number of thiophene rings is 1. The van der Waals surface area contributed by atoms with E-state index in [1.54, 1.807) is 0 Å². The van der Waals surface area contributed by atoms with Crippen LogP contribution in [0.15, 0.2) is 261 Å². The van der Waals surface area contributed by atoms with Gasteiger partial charge < -0.3 is 4.90 Å². The van der Waals surface area contributed by atoms with Gasteiger partial charge in [-0.15, -0.1) is 11.3 Å². The van der Waals surface area contributed by atoms with Crippen LogP contribution < -0.4 is 4.90 Å². The highest BCUT2D eigenvalue weighted by Gasteiger charge is 2.54.